The number of rotatable bonds is 4. The average Bonchev–Trinajstić information content (AvgIpc) is 3.00. The quantitative estimate of drug-likeness (QED) is 0.467. The molecule has 3 aromatic rings. The summed E-state index contributed by atoms with van der Waals surface area (Å²) in [5.74, 6) is 1.72. The number of benzene rings is 1. The maximum atomic E-state index is 6.42. The Morgan fingerprint density at radius 2 is 2.08 bits per heavy atom. The molecule has 0 aliphatic carbocycles. The molecule has 2 heterocycles. The fourth-order valence-electron chi connectivity index (χ4n) is 2.70. The van der Waals surface area contributed by atoms with Crippen molar-refractivity contribution >= 4 is 51.3 Å². The first-order chi connectivity index (χ1) is 11.5. The van der Waals surface area contributed by atoms with Crippen LogP contribution in [0.15, 0.2) is 24.7 Å². The van der Waals surface area contributed by atoms with Gasteiger partial charge in [0.1, 0.15) is 17.1 Å². The molecule has 0 amide bonds. The topological polar surface area (TPSA) is 39.4 Å². The van der Waals surface area contributed by atoms with Gasteiger partial charge in [-0.2, -0.15) is 0 Å². The fourth-order valence-corrected chi connectivity index (χ4v) is 4.03. The van der Waals surface area contributed by atoms with Crippen LogP contribution in [-0.4, -0.2) is 21.0 Å². The molecule has 126 valence electrons. The van der Waals surface area contributed by atoms with E-state index in [-0.39, 0.29) is 5.92 Å². The smallest absolute Gasteiger partial charge is 0.154 e. The van der Waals surface area contributed by atoms with Gasteiger partial charge in [0.25, 0.3) is 0 Å². The fraction of sp³-hybridized carbons (Fsp3) is 0.294. The summed E-state index contributed by atoms with van der Waals surface area (Å²) in [5, 5.41) is 1.16. The van der Waals surface area contributed by atoms with E-state index >= 15 is 0 Å². The minimum Gasteiger partial charge on any atom is -0.492 e. The van der Waals surface area contributed by atoms with E-state index in [2.05, 4.69) is 39.5 Å². The molecule has 1 unspecified atom stereocenters. The maximum Gasteiger partial charge on any atom is 0.154 e. The largest absolute Gasteiger partial charge is 0.492 e. The lowest BCUT2D eigenvalue weighted by Crippen LogP contribution is -2.08. The van der Waals surface area contributed by atoms with Gasteiger partial charge in [-0.15, -0.1) is 0 Å². The van der Waals surface area contributed by atoms with Crippen LogP contribution in [0.25, 0.3) is 5.52 Å². The Bertz CT molecular complexity index is 910. The summed E-state index contributed by atoms with van der Waals surface area (Å²) < 4.78 is 8.90. The van der Waals surface area contributed by atoms with Crippen LogP contribution in [0.4, 0.5) is 0 Å². The molecule has 0 fully saturated rings. The molecule has 1 atom stereocenters. The number of halogens is 3. The normalized spacial score (nSPS) is 12.6. The molecule has 0 aliphatic rings. The van der Waals surface area contributed by atoms with Crippen LogP contribution in [-0.2, 0) is 0 Å². The van der Waals surface area contributed by atoms with Gasteiger partial charge in [0.05, 0.1) is 16.4 Å². The third-order valence-corrected chi connectivity index (χ3v) is 6.00. The van der Waals surface area contributed by atoms with Gasteiger partial charge in [-0.05, 0) is 48.1 Å². The van der Waals surface area contributed by atoms with E-state index in [0.29, 0.717) is 11.8 Å². The molecule has 3 rings (SSSR count). The van der Waals surface area contributed by atoms with Crippen LogP contribution in [0.2, 0.25) is 10.2 Å². The molecule has 0 N–H and O–H groups in total. The molecular weight excluding hydrogens is 460 g/mol. The van der Waals surface area contributed by atoms with E-state index < -0.39 is 0 Å². The van der Waals surface area contributed by atoms with E-state index in [1.165, 1.54) is 0 Å². The summed E-state index contributed by atoms with van der Waals surface area (Å²) in [6.45, 7) is 6.65. The number of hydrogen-bond acceptors (Lipinski definition) is 3. The summed E-state index contributed by atoms with van der Waals surface area (Å²) in [7, 11) is 0. The summed E-state index contributed by atoms with van der Waals surface area (Å²) in [6, 6.07) is 1.97. The van der Waals surface area contributed by atoms with Crippen molar-refractivity contribution < 1.29 is 4.74 Å². The summed E-state index contributed by atoms with van der Waals surface area (Å²) >= 11 is 14.9. The Labute approximate surface area is 164 Å². The van der Waals surface area contributed by atoms with Gasteiger partial charge in [-0.1, -0.05) is 30.1 Å². The van der Waals surface area contributed by atoms with Crippen LogP contribution in [0.1, 0.15) is 36.7 Å². The predicted octanol–water partition coefficient (Wildman–Crippen LogP) is 5.50. The Balaban J connectivity index is 2.19. The molecule has 0 bridgehead atoms. The molecule has 1 aromatic carbocycles. The molecule has 2 aromatic heterocycles. The number of imidazole rings is 1. The molecule has 24 heavy (non-hydrogen) atoms. The molecule has 0 radical (unpaired) electrons. The lowest BCUT2D eigenvalue weighted by molar-refractivity contribution is 0.332. The van der Waals surface area contributed by atoms with Crippen molar-refractivity contribution in [2.75, 3.05) is 6.61 Å². The molecular formula is C17H16Cl2IN3O. The number of nitrogens with zero attached hydrogens (tertiary/aromatic N) is 3. The van der Waals surface area contributed by atoms with E-state index in [0.717, 1.165) is 36.8 Å². The van der Waals surface area contributed by atoms with Crippen molar-refractivity contribution in [3.05, 3.63) is 55.4 Å². The van der Waals surface area contributed by atoms with Crippen LogP contribution >= 0.6 is 45.8 Å². The molecule has 7 heteroatoms. The summed E-state index contributed by atoms with van der Waals surface area (Å²) in [5.41, 5.74) is 2.82. The number of hydrogen-bond donors (Lipinski definition) is 0. The third-order valence-electron chi connectivity index (χ3n) is 4.01. The number of aromatic nitrogens is 3. The van der Waals surface area contributed by atoms with Crippen molar-refractivity contribution in [1.82, 2.24) is 14.4 Å². The van der Waals surface area contributed by atoms with Crippen LogP contribution in [0.3, 0.4) is 0 Å². The minimum atomic E-state index is -0.0147. The maximum absolute atomic E-state index is 6.42. The number of fused-ring (bicyclic) bond motifs is 1. The predicted molar refractivity (Wildman–Crippen MR) is 106 cm³/mol. The zero-order valence-corrected chi connectivity index (χ0v) is 17.1. The van der Waals surface area contributed by atoms with E-state index in [4.69, 9.17) is 27.9 Å². The van der Waals surface area contributed by atoms with Gasteiger partial charge in [0.15, 0.2) is 5.15 Å². The number of ether oxygens (including phenoxy) is 1. The monoisotopic (exact) mass is 475 g/mol. The van der Waals surface area contributed by atoms with E-state index in [1.807, 2.05) is 30.5 Å². The van der Waals surface area contributed by atoms with Gasteiger partial charge >= 0.3 is 0 Å². The Kier molecular flexibility index (Phi) is 5.22. The first-order valence-electron chi connectivity index (χ1n) is 7.54. The minimum absolute atomic E-state index is 0.0147. The molecule has 0 saturated heterocycles. The van der Waals surface area contributed by atoms with Crippen molar-refractivity contribution in [3.8, 4) is 5.75 Å². The highest BCUT2D eigenvalue weighted by molar-refractivity contribution is 14.1. The second-order valence-corrected chi connectivity index (χ2v) is 7.30. The molecule has 4 nitrogen and oxygen atoms in total. The van der Waals surface area contributed by atoms with E-state index in [9.17, 15) is 0 Å². The van der Waals surface area contributed by atoms with E-state index in [1.54, 1.807) is 12.4 Å². The van der Waals surface area contributed by atoms with Gasteiger partial charge < -0.3 is 4.74 Å². The highest BCUT2D eigenvalue weighted by Crippen LogP contribution is 2.39. The summed E-state index contributed by atoms with van der Waals surface area (Å²) in [6.07, 6.45) is 5.27. The lowest BCUT2D eigenvalue weighted by atomic mass is 9.97. The van der Waals surface area contributed by atoms with Gasteiger partial charge in [0, 0.05) is 28.9 Å². The molecule has 0 aliphatic heterocycles. The van der Waals surface area contributed by atoms with Crippen LogP contribution in [0, 0.1) is 10.5 Å². The van der Waals surface area contributed by atoms with Crippen molar-refractivity contribution in [2.24, 2.45) is 0 Å². The van der Waals surface area contributed by atoms with Gasteiger partial charge in [-0.3, -0.25) is 4.40 Å². The molecule has 0 spiro atoms. The third kappa shape index (κ3) is 2.97. The standard InChI is InChI=1S/C17H16Cl2IN3O/c1-4-24-15-11(7-12(18)10(3)14(15)20)9(2)17-22-8-13-16(19)21-5-6-23(13)17/h5-9H,4H2,1-3H3. The second-order valence-electron chi connectivity index (χ2n) is 5.46. The SMILES string of the molecule is CCOc1c(C(C)c2ncc3c(Cl)nccn23)cc(Cl)c(C)c1I. The highest BCUT2D eigenvalue weighted by atomic mass is 127. The second kappa shape index (κ2) is 7.06. The average molecular weight is 476 g/mol. The van der Waals surface area contributed by atoms with Gasteiger partial charge in [0.2, 0.25) is 0 Å². The van der Waals surface area contributed by atoms with Crippen molar-refractivity contribution in [2.45, 2.75) is 26.7 Å². The first-order valence-corrected chi connectivity index (χ1v) is 9.37. The highest BCUT2D eigenvalue weighted by Gasteiger charge is 2.23. The summed E-state index contributed by atoms with van der Waals surface area (Å²) in [4.78, 5) is 8.65. The zero-order chi connectivity index (χ0) is 17.4. The van der Waals surface area contributed by atoms with Crippen molar-refractivity contribution in [1.29, 1.82) is 0 Å². The lowest BCUT2D eigenvalue weighted by Gasteiger charge is -2.19. The van der Waals surface area contributed by atoms with Crippen LogP contribution < -0.4 is 4.74 Å². The first kappa shape index (κ1) is 17.8. The molecule has 0 saturated carbocycles. The van der Waals surface area contributed by atoms with Crippen molar-refractivity contribution in [3.63, 3.8) is 0 Å². The Morgan fingerprint density at radius 1 is 1.33 bits per heavy atom. The Hall–Kier alpha value is -1.05. The Morgan fingerprint density at radius 3 is 2.79 bits per heavy atom. The van der Waals surface area contributed by atoms with Crippen LogP contribution in [0.5, 0.6) is 5.75 Å². The zero-order valence-electron chi connectivity index (χ0n) is 13.5. The van der Waals surface area contributed by atoms with Gasteiger partial charge in [-0.25, -0.2) is 9.97 Å².